The van der Waals surface area contributed by atoms with Crippen LogP contribution in [0.4, 0.5) is 0 Å². The average molecular weight is 209 g/mol. The molecule has 0 atom stereocenters. The molecule has 88 valence electrons. The molecule has 0 aromatic heterocycles. The van der Waals surface area contributed by atoms with Crippen LogP contribution < -0.4 is 0 Å². The van der Waals surface area contributed by atoms with Crippen molar-refractivity contribution < 1.29 is 0 Å². The van der Waals surface area contributed by atoms with E-state index in [4.69, 9.17) is 0 Å². The van der Waals surface area contributed by atoms with Crippen molar-refractivity contribution in [2.45, 2.75) is 59.5 Å². The highest BCUT2D eigenvalue weighted by Crippen LogP contribution is 2.39. The van der Waals surface area contributed by atoms with Gasteiger partial charge in [-0.25, -0.2) is 0 Å². The Hall–Kier alpha value is -0.300. The van der Waals surface area contributed by atoms with Crippen LogP contribution >= 0.6 is 0 Å². The quantitative estimate of drug-likeness (QED) is 0.641. The van der Waals surface area contributed by atoms with E-state index in [1.54, 1.807) is 0 Å². The minimum absolute atomic E-state index is 0.364. The Morgan fingerprint density at radius 2 is 1.47 bits per heavy atom. The molecule has 15 heavy (non-hydrogen) atoms. The maximum absolute atomic E-state index is 2.68. The third-order valence-corrected chi connectivity index (χ3v) is 4.07. The van der Waals surface area contributed by atoms with Crippen LogP contribution in [0.15, 0.2) is 12.2 Å². The fourth-order valence-corrected chi connectivity index (χ4v) is 3.24. The van der Waals surface area contributed by atoms with Gasteiger partial charge in [0.2, 0.25) is 0 Å². The summed E-state index contributed by atoms with van der Waals surface area (Å²) in [6.45, 7) is 15.2. The summed E-state index contributed by atoms with van der Waals surface area (Å²) in [6, 6.07) is 0.639. The molecule has 1 heterocycles. The van der Waals surface area contributed by atoms with Gasteiger partial charge in [0.1, 0.15) is 0 Å². The summed E-state index contributed by atoms with van der Waals surface area (Å²) in [6.07, 6.45) is 5.91. The molecular weight excluding hydrogens is 182 g/mol. The summed E-state index contributed by atoms with van der Waals surface area (Å²) in [5.41, 5.74) is 0.364. The number of nitrogens with zero attached hydrogens (tertiary/aromatic N) is 1. The summed E-state index contributed by atoms with van der Waals surface area (Å²) in [5, 5.41) is 0. The van der Waals surface area contributed by atoms with Crippen molar-refractivity contribution in [2.75, 3.05) is 6.54 Å². The first-order valence-corrected chi connectivity index (χ1v) is 6.34. The number of rotatable bonds is 3. The molecule has 0 fully saturated rings. The second-order valence-electron chi connectivity index (χ2n) is 5.72. The predicted molar refractivity (Wildman–Crippen MR) is 68.0 cm³/mol. The van der Waals surface area contributed by atoms with Crippen LogP contribution in [0.25, 0.3) is 0 Å². The fraction of sp³-hybridized carbons (Fsp3) is 0.857. The van der Waals surface area contributed by atoms with Gasteiger partial charge in [-0.05, 0) is 32.1 Å². The first-order chi connectivity index (χ1) is 6.93. The molecule has 0 N–H and O–H groups in total. The molecule has 1 nitrogen and oxygen atoms in total. The van der Waals surface area contributed by atoms with E-state index in [-0.39, 0.29) is 0 Å². The Kier molecular flexibility index (Phi) is 3.99. The van der Waals surface area contributed by atoms with Crippen LogP contribution in [-0.4, -0.2) is 23.0 Å². The van der Waals surface area contributed by atoms with Gasteiger partial charge >= 0.3 is 0 Å². The van der Waals surface area contributed by atoms with Crippen LogP contribution in [0.5, 0.6) is 0 Å². The Morgan fingerprint density at radius 1 is 0.933 bits per heavy atom. The Labute approximate surface area is 95.5 Å². The predicted octanol–water partition coefficient (Wildman–Crippen LogP) is 3.71. The van der Waals surface area contributed by atoms with E-state index in [0.29, 0.717) is 23.4 Å². The maximum Gasteiger partial charge on any atom is 0.0295 e. The Balaban J connectivity index is 3.07. The highest BCUT2D eigenvalue weighted by Gasteiger charge is 2.43. The maximum atomic E-state index is 2.68. The summed E-state index contributed by atoms with van der Waals surface area (Å²) >= 11 is 0. The summed E-state index contributed by atoms with van der Waals surface area (Å²) in [4.78, 5) is 2.68. The lowest BCUT2D eigenvalue weighted by Crippen LogP contribution is -2.59. The molecule has 0 saturated carbocycles. The van der Waals surface area contributed by atoms with Gasteiger partial charge < -0.3 is 0 Å². The zero-order chi connectivity index (χ0) is 11.6. The molecule has 1 aliphatic heterocycles. The molecule has 0 amide bonds. The third-order valence-electron chi connectivity index (χ3n) is 4.07. The standard InChI is InChI=1S/C14H27N/c1-11(2)14(12(3)4)9-7-8-10-15(14)13(5)6/h7-8,11-13H,9-10H2,1-6H3. The van der Waals surface area contributed by atoms with E-state index in [1.807, 2.05) is 0 Å². The van der Waals surface area contributed by atoms with Crippen molar-refractivity contribution in [1.82, 2.24) is 4.90 Å². The van der Waals surface area contributed by atoms with Gasteiger partial charge in [-0.2, -0.15) is 0 Å². The highest BCUT2D eigenvalue weighted by molar-refractivity contribution is 5.09. The van der Waals surface area contributed by atoms with Crippen LogP contribution in [0.2, 0.25) is 0 Å². The molecule has 0 unspecified atom stereocenters. The lowest BCUT2D eigenvalue weighted by molar-refractivity contribution is -0.0146. The van der Waals surface area contributed by atoms with Crippen LogP contribution in [0.3, 0.4) is 0 Å². The van der Waals surface area contributed by atoms with E-state index in [0.717, 1.165) is 6.54 Å². The second-order valence-corrected chi connectivity index (χ2v) is 5.72. The second kappa shape index (κ2) is 4.69. The largest absolute Gasteiger partial charge is 0.291 e. The molecule has 0 aromatic rings. The van der Waals surface area contributed by atoms with Gasteiger partial charge in [0, 0.05) is 18.1 Å². The Morgan fingerprint density at radius 3 is 1.80 bits per heavy atom. The first-order valence-electron chi connectivity index (χ1n) is 6.34. The topological polar surface area (TPSA) is 3.24 Å². The van der Waals surface area contributed by atoms with Gasteiger partial charge in [-0.1, -0.05) is 39.8 Å². The number of hydrogen-bond acceptors (Lipinski definition) is 1. The van der Waals surface area contributed by atoms with Gasteiger partial charge in [0.15, 0.2) is 0 Å². The van der Waals surface area contributed by atoms with E-state index in [9.17, 15) is 0 Å². The molecule has 1 aliphatic rings. The van der Waals surface area contributed by atoms with Gasteiger partial charge in [-0.3, -0.25) is 4.90 Å². The van der Waals surface area contributed by atoms with Crippen molar-refractivity contribution in [3.8, 4) is 0 Å². The highest BCUT2D eigenvalue weighted by atomic mass is 15.2. The van der Waals surface area contributed by atoms with E-state index >= 15 is 0 Å². The molecular formula is C14H27N. The van der Waals surface area contributed by atoms with Gasteiger partial charge in [0.25, 0.3) is 0 Å². The molecule has 0 radical (unpaired) electrons. The zero-order valence-corrected chi connectivity index (χ0v) is 11.2. The molecule has 0 saturated heterocycles. The summed E-state index contributed by atoms with van der Waals surface area (Å²) in [5.74, 6) is 1.43. The normalized spacial score (nSPS) is 21.9. The zero-order valence-electron chi connectivity index (χ0n) is 11.2. The van der Waals surface area contributed by atoms with E-state index in [2.05, 4.69) is 58.6 Å². The monoisotopic (exact) mass is 209 g/mol. The lowest BCUT2D eigenvalue weighted by Gasteiger charge is -2.53. The fourth-order valence-electron chi connectivity index (χ4n) is 3.24. The minimum atomic E-state index is 0.364. The van der Waals surface area contributed by atoms with Crippen LogP contribution in [0.1, 0.15) is 48.0 Å². The van der Waals surface area contributed by atoms with E-state index < -0.39 is 0 Å². The summed E-state index contributed by atoms with van der Waals surface area (Å²) in [7, 11) is 0. The molecule has 0 bridgehead atoms. The number of hydrogen-bond donors (Lipinski definition) is 0. The van der Waals surface area contributed by atoms with Crippen LogP contribution in [0, 0.1) is 11.8 Å². The SMILES string of the molecule is CC(C)N1CC=CCC1(C(C)C)C(C)C. The van der Waals surface area contributed by atoms with Crippen molar-refractivity contribution in [3.63, 3.8) is 0 Å². The molecule has 1 heteroatoms. The molecule has 0 aromatic carbocycles. The molecule has 1 rings (SSSR count). The average Bonchev–Trinajstić information content (AvgIpc) is 2.16. The smallest absolute Gasteiger partial charge is 0.0295 e. The third kappa shape index (κ3) is 2.13. The summed E-state index contributed by atoms with van der Waals surface area (Å²) < 4.78 is 0. The van der Waals surface area contributed by atoms with Gasteiger partial charge in [-0.15, -0.1) is 0 Å². The van der Waals surface area contributed by atoms with Crippen molar-refractivity contribution in [2.24, 2.45) is 11.8 Å². The van der Waals surface area contributed by atoms with Crippen LogP contribution in [-0.2, 0) is 0 Å². The van der Waals surface area contributed by atoms with Crippen molar-refractivity contribution in [1.29, 1.82) is 0 Å². The Bertz CT molecular complexity index is 217. The minimum Gasteiger partial charge on any atom is -0.291 e. The van der Waals surface area contributed by atoms with Crippen molar-refractivity contribution in [3.05, 3.63) is 12.2 Å². The molecule has 0 spiro atoms. The lowest BCUT2D eigenvalue weighted by atomic mass is 9.71. The van der Waals surface area contributed by atoms with Gasteiger partial charge in [0.05, 0.1) is 0 Å². The molecule has 0 aliphatic carbocycles. The van der Waals surface area contributed by atoms with Crippen molar-refractivity contribution >= 4 is 0 Å². The first kappa shape index (κ1) is 12.8. The van der Waals surface area contributed by atoms with E-state index in [1.165, 1.54) is 6.42 Å².